The Bertz CT molecular complexity index is 588. The predicted molar refractivity (Wildman–Crippen MR) is 83.8 cm³/mol. The van der Waals surface area contributed by atoms with Gasteiger partial charge in [0, 0.05) is 6.04 Å². The van der Waals surface area contributed by atoms with E-state index < -0.39 is 0 Å². The average molecular weight is 306 g/mol. The minimum Gasteiger partial charge on any atom is -0.381 e. The second-order valence-electron chi connectivity index (χ2n) is 6.18. The van der Waals surface area contributed by atoms with Crippen LogP contribution in [0.3, 0.4) is 0 Å². The van der Waals surface area contributed by atoms with Crippen molar-refractivity contribution in [2.45, 2.75) is 39.2 Å². The zero-order chi connectivity index (χ0) is 14.8. The lowest BCUT2D eigenvalue weighted by molar-refractivity contribution is 0.281. The van der Waals surface area contributed by atoms with E-state index >= 15 is 0 Å². The first-order valence-electron chi connectivity index (χ1n) is 7.41. The Hall–Kier alpha value is -1.62. The molecule has 21 heavy (non-hydrogen) atoms. The number of tetrazole rings is 1. The second-order valence-corrected chi connectivity index (χ2v) is 6.58. The third-order valence-electron chi connectivity index (χ3n) is 4.10. The summed E-state index contributed by atoms with van der Waals surface area (Å²) in [5.74, 6) is 1.51. The Morgan fingerprint density at radius 2 is 1.95 bits per heavy atom. The van der Waals surface area contributed by atoms with Crippen molar-refractivity contribution >= 4 is 17.3 Å². The zero-order valence-electron chi connectivity index (χ0n) is 12.3. The van der Waals surface area contributed by atoms with Gasteiger partial charge in [-0.1, -0.05) is 25.4 Å². The van der Waals surface area contributed by atoms with E-state index in [1.54, 1.807) is 11.0 Å². The summed E-state index contributed by atoms with van der Waals surface area (Å²) in [6.07, 6.45) is 5.28. The molecule has 2 unspecified atom stereocenters. The third kappa shape index (κ3) is 3.35. The van der Waals surface area contributed by atoms with E-state index in [0.29, 0.717) is 6.04 Å². The van der Waals surface area contributed by atoms with E-state index in [9.17, 15) is 0 Å². The summed E-state index contributed by atoms with van der Waals surface area (Å²) in [4.78, 5) is 0. The maximum absolute atomic E-state index is 6.33. The second kappa shape index (κ2) is 6.02. The number of hydrogen-bond donors (Lipinski definition) is 1. The van der Waals surface area contributed by atoms with Crippen LogP contribution in [0.1, 0.15) is 33.1 Å². The van der Waals surface area contributed by atoms with E-state index in [1.165, 1.54) is 19.3 Å². The van der Waals surface area contributed by atoms with Gasteiger partial charge < -0.3 is 5.32 Å². The van der Waals surface area contributed by atoms with Gasteiger partial charge in [0.05, 0.1) is 16.4 Å². The summed E-state index contributed by atoms with van der Waals surface area (Å²) < 4.78 is 1.63. The molecule has 112 valence electrons. The van der Waals surface area contributed by atoms with Crippen molar-refractivity contribution in [1.29, 1.82) is 0 Å². The lowest BCUT2D eigenvalue weighted by atomic mass is 9.80. The highest BCUT2D eigenvalue weighted by molar-refractivity contribution is 6.33. The number of benzene rings is 1. The molecule has 6 heteroatoms. The standard InChI is InChI=1S/C15H20ClN5/c1-10-5-11(2)7-12(6-10)18-15-8-13(3-4-14(15)16)21-9-17-19-20-21/h3-4,8-12,18H,5-7H2,1-2H3. The largest absolute Gasteiger partial charge is 0.381 e. The SMILES string of the molecule is CC1CC(C)CC(Nc2cc(-n3cnnn3)ccc2Cl)C1. The quantitative estimate of drug-likeness (QED) is 0.942. The van der Waals surface area contributed by atoms with E-state index in [0.717, 1.165) is 28.2 Å². The van der Waals surface area contributed by atoms with Crippen LogP contribution >= 0.6 is 11.6 Å². The molecule has 1 saturated carbocycles. The Balaban J connectivity index is 1.80. The first-order valence-corrected chi connectivity index (χ1v) is 7.79. The number of nitrogens with one attached hydrogen (secondary N) is 1. The molecular weight excluding hydrogens is 286 g/mol. The van der Waals surface area contributed by atoms with Gasteiger partial charge in [-0.15, -0.1) is 5.10 Å². The monoisotopic (exact) mass is 305 g/mol. The summed E-state index contributed by atoms with van der Waals surface area (Å²) in [6.45, 7) is 4.65. The summed E-state index contributed by atoms with van der Waals surface area (Å²) in [6, 6.07) is 6.28. The van der Waals surface area contributed by atoms with Crippen molar-refractivity contribution in [2.75, 3.05) is 5.32 Å². The molecule has 3 rings (SSSR count). The maximum atomic E-state index is 6.33. The highest BCUT2D eigenvalue weighted by Crippen LogP contribution is 2.32. The number of nitrogens with zero attached hydrogens (tertiary/aromatic N) is 4. The molecule has 1 heterocycles. The molecule has 0 bridgehead atoms. The molecule has 1 fully saturated rings. The number of aromatic nitrogens is 4. The summed E-state index contributed by atoms with van der Waals surface area (Å²) in [5.41, 5.74) is 1.86. The minimum atomic E-state index is 0.477. The summed E-state index contributed by atoms with van der Waals surface area (Å²) in [7, 11) is 0. The lowest BCUT2D eigenvalue weighted by Gasteiger charge is -2.32. The molecule has 1 aliphatic carbocycles. The van der Waals surface area contributed by atoms with Crippen LogP contribution < -0.4 is 5.32 Å². The van der Waals surface area contributed by atoms with Crippen molar-refractivity contribution in [3.8, 4) is 5.69 Å². The molecule has 1 aromatic carbocycles. The fourth-order valence-electron chi connectivity index (χ4n) is 3.33. The molecule has 1 aliphatic rings. The van der Waals surface area contributed by atoms with Crippen LogP contribution in [0.25, 0.3) is 5.69 Å². The van der Waals surface area contributed by atoms with Crippen LogP contribution in [-0.2, 0) is 0 Å². The van der Waals surface area contributed by atoms with Gasteiger partial charge in [0.2, 0.25) is 0 Å². The van der Waals surface area contributed by atoms with Crippen molar-refractivity contribution < 1.29 is 0 Å². The van der Waals surface area contributed by atoms with Crippen molar-refractivity contribution in [2.24, 2.45) is 11.8 Å². The van der Waals surface area contributed by atoms with Gasteiger partial charge in [-0.2, -0.15) is 0 Å². The molecule has 2 atom stereocenters. The van der Waals surface area contributed by atoms with Crippen LogP contribution in [0, 0.1) is 11.8 Å². The molecule has 0 saturated heterocycles. The fourth-order valence-corrected chi connectivity index (χ4v) is 3.50. The third-order valence-corrected chi connectivity index (χ3v) is 4.43. The number of hydrogen-bond acceptors (Lipinski definition) is 4. The highest BCUT2D eigenvalue weighted by Gasteiger charge is 2.24. The van der Waals surface area contributed by atoms with Gasteiger partial charge in [-0.3, -0.25) is 0 Å². The van der Waals surface area contributed by atoms with Crippen LogP contribution in [0.15, 0.2) is 24.5 Å². The molecule has 2 aromatic rings. The molecular formula is C15H20ClN5. The fraction of sp³-hybridized carbons (Fsp3) is 0.533. The molecule has 1 N–H and O–H groups in total. The molecule has 5 nitrogen and oxygen atoms in total. The van der Waals surface area contributed by atoms with Gasteiger partial charge in [-0.25, -0.2) is 4.68 Å². The lowest BCUT2D eigenvalue weighted by Crippen LogP contribution is -2.30. The molecule has 0 aliphatic heterocycles. The van der Waals surface area contributed by atoms with E-state index in [-0.39, 0.29) is 0 Å². The first-order chi connectivity index (χ1) is 10.1. The van der Waals surface area contributed by atoms with Crippen LogP contribution in [0.4, 0.5) is 5.69 Å². The summed E-state index contributed by atoms with van der Waals surface area (Å²) >= 11 is 6.33. The van der Waals surface area contributed by atoms with Crippen molar-refractivity contribution in [3.05, 3.63) is 29.5 Å². The van der Waals surface area contributed by atoms with Crippen LogP contribution in [0.5, 0.6) is 0 Å². The predicted octanol–water partition coefficient (Wildman–Crippen LogP) is 3.55. The Kier molecular flexibility index (Phi) is 4.10. The van der Waals surface area contributed by atoms with Gasteiger partial charge in [0.25, 0.3) is 0 Å². The van der Waals surface area contributed by atoms with Crippen molar-refractivity contribution in [3.63, 3.8) is 0 Å². The van der Waals surface area contributed by atoms with Gasteiger partial charge in [0.15, 0.2) is 0 Å². The number of anilines is 1. The zero-order valence-corrected chi connectivity index (χ0v) is 13.1. The minimum absolute atomic E-state index is 0.477. The molecule has 0 spiro atoms. The van der Waals surface area contributed by atoms with E-state index in [1.807, 2.05) is 18.2 Å². The summed E-state index contributed by atoms with van der Waals surface area (Å²) in [5, 5.41) is 15.6. The highest BCUT2D eigenvalue weighted by atomic mass is 35.5. The molecule has 0 radical (unpaired) electrons. The first kappa shape index (κ1) is 14.3. The smallest absolute Gasteiger partial charge is 0.143 e. The van der Waals surface area contributed by atoms with Gasteiger partial charge in [0.1, 0.15) is 6.33 Å². The maximum Gasteiger partial charge on any atom is 0.143 e. The van der Waals surface area contributed by atoms with Gasteiger partial charge >= 0.3 is 0 Å². The Morgan fingerprint density at radius 1 is 1.19 bits per heavy atom. The molecule has 0 amide bonds. The Morgan fingerprint density at radius 3 is 2.62 bits per heavy atom. The van der Waals surface area contributed by atoms with Crippen LogP contribution in [-0.4, -0.2) is 26.2 Å². The molecule has 1 aromatic heterocycles. The average Bonchev–Trinajstić information content (AvgIpc) is 2.94. The number of rotatable bonds is 3. The van der Waals surface area contributed by atoms with E-state index in [4.69, 9.17) is 11.6 Å². The normalized spacial score (nSPS) is 25.8. The number of halogens is 1. The van der Waals surface area contributed by atoms with Crippen molar-refractivity contribution in [1.82, 2.24) is 20.2 Å². The topological polar surface area (TPSA) is 55.6 Å². The van der Waals surface area contributed by atoms with Gasteiger partial charge in [-0.05, 0) is 59.7 Å². The van der Waals surface area contributed by atoms with Crippen LogP contribution in [0.2, 0.25) is 5.02 Å². The van der Waals surface area contributed by atoms with E-state index in [2.05, 4.69) is 34.7 Å². The Labute approximate surface area is 129 Å².